The summed E-state index contributed by atoms with van der Waals surface area (Å²) < 4.78 is 0. The monoisotopic (exact) mass is 191 g/mol. The van der Waals surface area contributed by atoms with Crippen molar-refractivity contribution in [3.8, 4) is 0 Å². The van der Waals surface area contributed by atoms with E-state index in [1.165, 1.54) is 0 Å². The van der Waals surface area contributed by atoms with E-state index in [1.54, 1.807) is 6.20 Å². The van der Waals surface area contributed by atoms with Crippen LogP contribution in [-0.2, 0) is 6.42 Å². The highest BCUT2D eigenvalue weighted by molar-refractivity contribution is 5.85. The fraction of sp³-hybridized carbons (Fsp3) is 0.125. The Morgan fingerprint density at radius 1 is 1.36 bits per heavy atom. The number of hydrogen-bond donors (Lipinski definition) is 0. The van der Waals surface area contributed by atoms with Crippen molar-refractivity contribution >= 4 is 24.8 Å². The van der Waals surface area contributed by atoms with Crippen LogP contribution in [-0.4, -0.2) is 4.98 Å². The molecule has 3 heteroatoms. The van der Waals surface area contributed by atoms with Crippen LogP contribution >= 0.6 is 24.8 Å². The molecule has 1 rings (SSSR count). The molecular weight excluding hydrogens is 181 g/mol. The zero-order valence-corrected chi connectivity index (χ0v) is 7.70. The second kappa shape index (κ2) is 7.58. The van der Waals surface area contributed by atoms with Crippen molar-refractivity contribution in [1.29, 1.82) is 0 Å². The topological polar surface area (TPSA) is 12.9 Å². The van der Waals surface area contributed by atoms with Crippen molar-refractivity contribution in [3.63, 3.8) is 0 Å². The Kier molecular flexibility index (Phi) is 9.01. The molecule has 0 saturated carbocycles. The van der Waals surface area contributed by atoms with Crippen LogP contribution in [0.3, 0.4) is 0 Å². The second-order valence-corrected chi connectivity index (χ2v) is 1.81. The molecule has 0 unspecified atom stereocenters. The molecule has 0 radical (unpaired) electrons. The maximum Gasteiger partial charge on any atom is 0.0441 e. The number of hydrogen-bond acceptors (Lipinski definition) is 1. The lowest BCUT2D eigenvalue weighted by Crippen LogP contribution is -1.82. The van der Waals surface area contributed by atoms with Gasteiger partial charge < -0.3 is 0 Å². The molecule has 62 valence electrons. The molecule has 0 fully saturated rings. The minimum Gasteiger partial charge on any atom is -0.261 e. The van der Waals surface area contributed by atoms with Gasteiger partial charge in [-0.05, 0) is 12.1 Å². The summed E-state index contributed by atoms with van der Waals surface area (Å²) in [6, 6.07) is 5.88. The van der Waals surface area contributed by atoms with Gasteiger partial charge >= 0.3 is 0 Å². The van der Waals surface area contributed by atoms with Gasteiger partial charge in [-0.25, -0.2) is 0 Å². The first-order chi connectivity index (χ1) is 4.43. The van der Waals surface area contributed by atoms with Crippen LogP contribution in [0.2, 0.25) is 0 Å². The molecule has 11 heavy (non-hydrogen) atoms. The minimum atomic E-state index is 0. The second-order valence-electron chi connectivity index (χ2n) is 1.81. The molecule has 0 saturated heterocycles. The summed E-state index contributed by atoms with van der Waals surface area (Å²) in [5.74, 6) is 0. The number of allylic oxidation sites excluding steroid dienone is 1. The Bertz CT molecular complexity index is 187. The first kappa shape index (κ1) is 13.1. The molecule has 0 spiro atoms. The van der Waals surface area contributed by atoms with Gasteiger partial charge in [0.1, 0.15) is 0 Å². The maximum atomic E-state index is 4.10. The van der Waals surface area contributed by atoms with E-state index in [1.807, 2.05) is 24.3 Å². The lowest BCUT2D eigenvalue weighted by atomic mass is 10.3. The molecule has 1 aromatic heterocycles. The molecule has 1 aromatic rings. The van der Waals surface area contributed by atoms with E-state index in [4.69, 9.17) is 0 Å². The van der Waals surface area contributed by atoms with Gasteiger partial charge in [-0.1, -0.05) is 12.1 Å². The Balaban J connectivity index is 0. The van der Waals surface area contributed by atoms with Gasteiger partial charge in [-0.2, -0.15) is 0 Å². The van der Waals surface area contributed by atoms with E-state index in [0.29, 0.717) is 0 Å². The predicted molar refractivity (Wildman–Crippen MR) is 52.6 cm³/mol. The van der Waals surface area contributed by atoms with Crippen molar-refractivity contribution in [3.05, 3.63) is 42.7 Å². The van der Waals surface area contributed by atoms with Gasteiger partial charge in [-0.3, -0.25) is 4.98 Å². The standard InChI is InChI=1S/C8H9N.2ClH/c1-2-5-8-6-3-4-7-9-8;;/h2-4,6-7H,1,5H2;2*1H. The van der Waals surface area contributed by atoms with E-state index < -0.39 is 0 Å². The third-order valence-electron chi connectivity index (χ3n) is 1.08. The van der Waals surface area contributed by atoms with Crippen molar-refractivity contribution in [2.45, 2.75) is 6.42 Å². The van der Waals surface area contributed by atoms with Crippen molar-refractivity contribution in [2.75, 3.05) is 0 Å². The first-order valence-electron chi connectivity index (χ1n) is 2.94. The molecule has 0 aliphatic rings. The average Bonchev–Trinajstić information content (AvgIpc) is 1.91. The van der Waals surface area contributed by atoms with Crippen molar-refractivity contribution in [2.24, 2.45) is 0 Å². The quantitative estimate of drug-likeness (QED) is 0.656. The van der Waals surface area contributed by atoms with E-state index in [0.717, 1.165) is 12.1 Å². The summed E-state index contributed by atoms with van der Waals surface area (Å²) in [6.07, 6.45) is 4.50. The summed E-state index contributed by atoms with van der Waals surface area (Å²) in [6.45, 7) is 3.62. The highest BCUT2D eigenvalue weighted by Gasteiger charge is 1.83. The van der Waals surface area contributed by atoms with E-state index >= 15 is 0 Å². The average molecular weight is 192 g/mol. The van der Waals surface area contributed by atoms with Crippen LogP contribution in [0.5, 0.6) is 0 Å². The number of rotatable bonds is 2. The van der Waals surface area contributed by atoms with E-state index in [2.05, 4.69) is 11.6 Å². The molecule has 0 atom stereocenters. The number of aromatic nitrogens is 1. The summed E-state index contributed by atoms with van der Waals surface area (Å²) in [7, 11) is 0. The Labute approximate surface area is 79.4 Å². The number of halogens is 2. The van der Waals surface area contributed by atoms with Crippen LogP contribution in [0.4, 0.5) is 0 Å². The lowest BCUT2D eigenvalue weighted by Gasteiger charge is -1.90. The third-order valence-corrected chi connectivity index (χ3v) is 1.08. The first-order valence-corrected chi connectivity index (χ1v) is 2.94. The summed E-state index contributed by atoms with van der Waals surface area (Å²) in [5, 5.41) is 0. The molecule has 0 aromatic carbocycles. The zero-order valence-electron chi connectivity index (χ0n) is 6.06. The number of pyridine rings is 1. The van der Waals surface area contributed by atoms with Gasteiger partial charge in [0.2, 0.25) is 0 Å². The van der Waals surface area contributed by atoms with Crippen molar-refractivity contribution < 1.29 is 0 Å². The summed E-state index contributed by atoms with van der Waals surface area (Å²) >= 11 is 0. The fourth-order valence-corrected chi connectivity index (χ4v) is 0.667. The summed E-state index contributed by atoms with van der Waals surface area (Å²) in [4.78, 5) is 4.10. The Morgan fingerprint density at radius 2 is 2.09 bits per heavy atom. The van der Waals surface area contributed by atoms with E-state index in [9.17, 15) is 0 Å². The van der Waals surface area contributed by atoms with Gasteiger partial charge in [0.15, 0.2) is 0 Å². The fourth-order valence-electron chi connectivity index (χ4n) is 0.667. The maximum absolute atomic E-state index is 4.10. The minimum absolute atomic E-state index is 0. The molecule has 0 amide bonds. The van der Waals surface area contributed by atoms with Crippen molar-refractivity contribution in [1.82, 2.24) is 4.98 Å². The normalized spacial score (nSPS) is 7.27. The molecule has 0 N–H and O–H groups in total. The molecule has 0 aliphatic heterocycles. The SMILES string of the molecule is C=CCc1ccccn1.Cl.Cl. The molecule has 1 nitrogen and oxygen atoms in total. The van der Waals surface area contributed by atoms with Gasteiger partial charge in [-0.15, -0.1) is 31.4 Å². The van der Waals surface area contributed by atoms with Crippen LogP contribution in [0.25, 0.3) is 0 Å². The van der Waals surface area contributed by atoms with Crippen LogP contribution in [0.15, 0.2) is 37.1 Å². The number of nitrogens with zero attached hydrogens (tertiary/aromatic N) is 1. The Morgan fingerprint density at radius 3 is 2.55 bits per heavy atom. The highest BCUT2D eigenvalue weighted by atomic mass is 35.5. The molecular formula is C8H11Cl2N. The van der Waals surface area contributed by atoms with Gasteiger partial charge in [0, 0.05) is 18.3 Å². The van der Waals surface area contributed by atoms with Crippen LogP contribution < -0.4 is 0 Å². The highest BCUT2D eigenvalue weighted by Crippen LogP contribution is 1.93. The van der Waals surface area contributed by atoms with Crippen LogP contribution in [0, 0.1) is 0 Å². The van der Waals surface area contributed by atoms with Gasteiger partial charge in [0.25, 0.3) is 0 Å². The lowest BCUT2D eigenvalue weighted by molar-refractivity contribution is 1.11. The van der Waals surface area contributed by atoms with Crippen LogP contribution in [0.1, 0.15) is 5.69 Å². The zero-order chi connectivity index (χ0) is 6.53. The molecule has 0 aliphatic carbocycles. The predicted octanol–water partition coefficient (Wildman–Crippen LogP) is 2.65. The van der Waals surface area contributed by atoms with Gasteiger partial charge in [0.05, 0.1) is 0 Å². The van der Waals surface area contributed by atoms with E-state index in [-0.39, 0.29) is 24.8 Å². The smallest absolute Gasteiger partial charge is 0.0441 e. The molecule has 1 heterocycles. The third kappa shape index (κ3) is 4.82. The Hall–Kier alpha value is -0.530. The molecule has 0 bridgehead atoms. The largest absolute Gasteiger partial charge is 0.261 e. The summed E-state index contributed by atoms with van der Waals surface area (Å²) in [5.41, 5.74) is 1.08.